The molecular weight excluding hydrogens is 310 g/mol. The first kappa shape index (κ1) is 17.1. The number of methoxy groups -OCH3 is 1. The summed E-state index contributed by atoms with van der Waals surface area (Å²) >= 11 is 0. The van der Waals surface area contributed by atoms with Gasteiger partial charge in [-0.1, -0.05) is 12.1 Å². The number of benzene rings is 2. The fourth-order valence-corrected chi connectivity index (χ4v) is 2.10. The molecule has 0 saturated heterocycles. The van der Waals surface area contributed by atoms with E-state index in [-0.39, 0.29) is 17.0 Å². The summed E-state index contributed by atoms with van der Waals surface area (Å²) in [5.74, 6) is -1.29. The Morgan fingerprint density at radius 3 is 2.54 bits per heavy atom. The molecule has 0 atom stereocenters. The van der Waals surface area contributed by atoms with Gasteiger partial charge in [-0.05, 0) is 48.4 Å². The lowest BCUT2D eigenvalue weighted by Gasteiger charge is -2.08. The molecule has 3 N–H and O–H groups in total. The van der Waals surface area contributed by atoms with Gasteiger partial charge in [-0.3, -0.25) is 4.79 Å². The van der Waals surface area contributed by atoms with E-state index in [0.717, 1.165) is 5.56 Å². The third kappa shape index (κ3) is 4.13. The minimum absolute atomic E-state index is 0.0180. The van der Waals surface area contributed by atoms with Crippen LogP contribution in [0.1, 0.15) is 21.5 Å². The molecule has 0 saturated carbocycles. The van der Waals surface area contributed by atoms with Gasteiger partial charge in [-0.15, -0.1) is 0 Å². The van der Waals surface area contributed by atoms with Crippen LogP contribution in [-0.2, 0) is 4.79 Å². The predicted octanol–water partition coefficient (Wildman–Crippen LogP) is 3.06. The Hall–Kier alpha value is -3.28. The summed E-state index contributed by atoms with van der Waals surface area (Å²) in [6.45, 7) is 1.80. The first-order chi connectivity index (χ1) is 11.4. The highest BCUT2D eigenvalue weighted by atomic mass is 16.5. The molecule has 0 unspecified atom stereocenters. The van der Waals surface area contributed by atoms with Gasteiger partial charge in [0.2, 0.25) is 5.91 Å². The number of anilines is 1. The van der Waals surface area contributed by atoms with E-state index in [1.807, 2.05) is 0 Å². The summed E-state index contributed by atoms with van der Waals surface area (Å²) in [6, 6.07) is 9.41. The van der Waals surface area contributed by atoms with Gasteiger partial charge < -0.3 is 20.3 Å². The summed E-state index contributed by atoms with van der Waals surface area (Å²) in [4.78, 5) is 23.2. The van der Waals surface area contributed by atoms with Crippen LogP contribution in [0.2, 0.25) is 0 Å². The number of carboxylic acids is 1. The van der Waals surface area contributed by atoms with E-state index >= 15 is 0 Å². The van der Waals surface area contributed by atoms with Crippen molar-refractivity contribution >= 4 is 23.6 Å². The number of hydrogen-bond donors (Lipinski definition) is 3. The molecule has 0 aliphatic carbocycles. The number of rotatable bonds is 5. The van der Waals surface area contributed by atoms with Crippen LogP contribution in [0, 0.1) is 6.92 Å². The Morgan fingerprint density at radius 2 is 1.92 bits per heavy atom. The summed E-state index contributed by atoms with van der Waals surface area (Å²) in [7, 11) is 1.44. The van der Waals surface area contributed by atoms with Crippen molar-refractivity contribution in [3.8, 4) is 11.5 Å². The molecule has 124 valence electrons. The van der Waals surface area contributed by atoms with E-state index < -0.39 is 11.9 Å². The Bertz CT molecular complexity index is 811. The number of phenols is 1. The fourth-order valence-electron chi connectivity index (χ4n) is 2.10. The molecule has 1 amide bonds. The second-order valence-corrected chi connectivity index (χ2v) is 5.11. The van der Waals surface area contributed by atoms with E-state index in [1.54, 1.807) is 31.2 Å². The van der Waals surface area contributed by atoms with E-state index in [1.165, 1.54) is 31.4 Å². The van der Waals surface area contributed by atoms with Crippen LogP contribution in [0.25, 0.3) is 6.08 Å². The molecule has 0 aromatic heterocycles. The Kier molecular flexibility index (Phi) is 5.21. The van der Waals surface area contributed by atoms with Crippen LogP contribution in [0.15, 0.2) is 42.5 Å². The van der Waals surface area contributed by atoms with Gasteiger partial charge in [-0.25, -0.2) is 4.79 Å². The van der Waals surface area contributed by atoms with Crippen molar-refractivity contribution in [1.82, 2.24) is 0 Å². The normalized spacial score (nSPS) is 10.6. The lowest BCUT2D eigenvalue weighted by molar-refractivity contribution is -0.111. The molecule has 6 heteroatoms. The van der Waals surface area contributed by atoms with Gasteiger partial charge >= 0.3 is 5.97 Å². The zero-order valence-corrected chi connectivity index (χ0v) is 13.2. The molecule has 0 aliphatic heterocycles. The number of phenolic OH excluding ortho intramolecular Hbond substituents is 1. The van der Waals surface area contributed by atoms with Crippen molar-refractivity contribution in [3.05, 3.63) is 59.2 Å². The van der Waals surface area contributed by atoms with Crippen LogP contribution < -0.4 is 10.1 Å². The maximum Gasteiger partial charge on any atom is 0.337 e. The number of aromatic carboxylic acids is 1. The zero-order chi connectivity index (χ0) is 17.7. The Morgan fingerprint density at radius 1 is 1.17 bits per heavy atom. The molecule has 24 heavy (non-hydrogen) atoms. The van der Waals surface area contributed by atoms with Gasteiger partial charge in [0, 0.05) is 6.08 Å². The van der Waals surface area contributed by atoms with Crippen LogP contribution >= 0.6 is 0 Å². The van der Waals surface area contributed by atoms with E-state index in [2.05, 4.69) is 5.32 Å². The first-order valence-electron chi connectivity index (χ1n) is 7.10. The molecule has 0 bridgehead atoms. The highest BCUT2D eigenvalue weighted by Gasteiger charge is 2.11. The topological polar surface area (TPSA) is 95.9 Å². The van der Waals surface area contributed by atoms with Gasteiger partial charge in [0.1, 0.15) is 0 Å². The second kappa shape index (κ2) is 7.32. The number of ether oxygens (including phenoxy) is 1. The quantitative estimate of drug-likeness (QED) is 0.734. The molecule has 0 aliphatic rings. The molecule has 2 rings (SSSR count). The third-order valence-electron chi connectivity index (χ3n) is 3.29. The highest BCUT2D eigenvalue weighted by Crippen LogP contribution is 2.26. The minimum Gasteiger partial charge on any atom is -0.504 e. The predicted molar refractivity (Wildman–Crippen MR) is 90.5 cm³/mol. The second-order valence-electron chi connectivity index (χ2n) is 5.11. The maximum absolute atomic E-state index is 12.0. The average Bonchev–Trinajstić information content (AvgIpc) is 2.53. The molecule has 0 radical (unpaired) electrons. The third-order valence-corrected chi connectivity index (χ3v) is 3.29. The van der Waals surface area contributed by atoms with Crippen LogP contribution in [0.4, 0.5) is 5.69 Å². The molecule has 2 aromatic carbocycles. The van der Waals surface area contributed by atoms with Gasteiger partial charge in [0.25, 0.3) is 0 Å². The minimum atomic E-state index is -1.12. The Balaban J connectivity index is 2.15. The summed E-state index contributed by atoms with van der Waals surface area (Å²) in [5, 5.41) is 21.4. The molecular formula is C18H17NO5. The number of carbonyl (C=O) groups is 2. The molecule has 6 nitrogen and oxygen atoms in total. The Labute approximate surface area is 139 Å². The lowest BCUT2D eigenvalue weighted by atomic mass is 10.1. The van der Waals surface area contributed by atoms with Crippen molar-refractivity contribution in [2.45, 2.75) is 6.92 Å². The number of hydrogen-bond acceptors (Lipinski definition) is 4. The largest absolute Gasteiger partial charge is 0.504 e. The lowest BCUT2D eigenvalue weighted by Crippen LogP contribution is -2.12. The number of aromatic hydroxyl groups is 1. The van der Waals surface area contributed by atoms with Gasteiger partial charge in [-0.2, -0.15) is 0 Å². The van der Waals surface area contributed by atoms with E-state index in [4.69, 9.17) is 9.84 Å². The number of carbonyl (C=O) groups excluding carboxylic acids is 1. The van der Waals surface area contributed by atoms with Gasteiger partial charge in [0.05, 0.1) is 18.4 Å². The number of nitrogens with one attached hydrogen (secondary N) is 1. The first-order valence-corrected chi connectivity index (χ1v) is 7.10. The van der Waals surface area contributed by atoms with Crippen molar-refractivity contribution < 1.29 is 24.5 Å². The van der Waals surface area contributed by atoms with Crippen LogP contribution in [0.3, 0.4) is 0 Å². The SMILES string of the molecule is COc1ccc(/C=C/C(=O)Nc2cc(C)ccc2C(=O)O)cc1O. The monoisotopic (exact) mass is 327 g/mol. The molecule has 2 aromatic rings. The van der Waals surface area contributed by atoms with Crippen molar-refractivity contribution in [2.24, 2.45) is 0 Å². The van der Waals surface area contributed by atoms with Crippen molar-refractivity contribution in [2.75, 3.05) is 12.4 Å². The standard InChI is InChI=1S/C18H17NO5/c1-11-3-6-13(18(22)23)14(9-11)19-17(21)8-5-12-4-7-16(24-2)15(20)10-12/h3-10,20H,1-2H3,(H,19,21)(H,22,23)/b8-5+. The highest BCUT2D eigenvalue weighted by molar-refractivity contribution is 6.06. The number of carboxylic acid groups (broad SMARTS) is 1. The van der Waals surface area contributed by atoms with Gasteiger partial charge in [0.15, 0.2) is 11.5 Å². The number of amides is 1. The van der Waals surface area contributed by atoms with Crippen molar-refractivity contribution in [1.29, 1.82) is 0 Å². The fraction of sp³-hybridized carbons (Fsp3) is 0.111. The van der Waals surface area contributed by atoms with E-state index in [9.17, 15) is 14.7 Å². The average molecular weight is 327 g/mol. The van der Waals surface area contributed by atoms with Crippen LogP contribution in [0.5, 0.6) is 11.5 Å². The molecule has 0 spiro atoms. The van der Waals surface area contributed by atoms with Crippen LogP contribution in [-0.4, -0.2) is 29.2 Å². The molecule has 0 heterocycles. The summed E-state index contributed by atoms with van der Waals surface area (Å²) < 4.78 is 4.94. The number of aryl methyl sites for hydroxylation is 1. The zero-order valence-electron chi connectivity index (χ0n) is 13.2. The summed E-state index contributed by atoms with van der Waals surface area (Å²) in [5.41, 5.74) is 1.68. The summed E-state index contributed by atoms with van der Waals surface area (Å²) in [6.07, 6.45) is 2.76. The molecule has 0 fully saturated rings. The van der Waals surface area contributed by atoms with Crippen molar-refractivity contribution in [3.63, 3.8) is 0 Å². The smallest absolute Gasteiger partial charge is 0.337 e. The maximum atomic E-state index is 12.0. The van der Waals surface area contributed by atoms with E-state index in [0.29, 0.717) is 11.3 Å².